The minimum atomic E-state index is -1.28. The van der Waals surface area contributed by atoms with Crippen LogP contribution in [0, 0.1) is 0 Å². The van der Waals surface area contributed by atoms with Gasteiger partial charge in [-0.25, -0.2) is 0 Å². The highest BCUT2D eigenvalue weighted by Gasteiger charge is 2.24. The second kappa shape index (κ2) is 8.90. The summed E-state index contributed by atoms with van der Waals surface area (Å²) in [7, 11) is 0. The summed E-state index contributed by atoms with van der Waals surface area (Å²) in [5.74, 6) is -0.915. The molecule has 0 fully saturated rings. The molecule has 1 aliphatic rings. The van der Waals surface area contributed by atoms with E-state index in [1.165, 1.54) is 25.7 Å². The number of unbranched alkanes of at least 4 members (excludes halogenated alkanes) is 5. The SMILES string of the molecule is CCCCCCCCOC1(O)C=CC(c2ccc(O)cc2)C=C1. The smallest absolute Gasteiger partial charge is 0.205 e. The van der Waals surface area contributed by atoms with Crippen molar-refractivity contribution in [3.8, 4) is 5.75 Å². The predicted molar refractivity (Wildman–Crippen MR) is 93.4 cm³/mol. The summed E-state index contributed by atoms with van der Waals surface area (Å²) in [6.45, 7) is 2.78. The molecule has 1 aliphatic carbocycles. The number of phenols is 1. The lowest BCUT2D eigenvalue weighted by atomic mass is 9.93. The van der Waals surface area contributed by atoms with Crippen molar-refractivity contribution in [3.05, 3.63) is 54.1 Å². The minimum Gasteiger partial charge on any atom is -0.508 e. The topological polar surface area (TPSA) is 49.7 Å². The molecular weight excluding hydrogens is 288 g/mol. The molecule has 126 valence electrons. The van der Waals surface area contributed by atoms with Gasteiger partial charge in [0.2, 0.25) is 5.79 Å². The molecular formula is C20H28O3. The van der Waals surface area contributed by atoms with Crippen molar-refractivity contribution in [2.45, 2.75) is 57.2 Å². The van der Waals surface area contributed by atoms with Crippen LogP contribution in [0.5, 0.6) is 5.75 Å². The van der Waals surface area contributed by atoms with Crippen LogP contribution in [0.25, 0.3) is 0 Å². The van der Waals surface area contributed by atoms with E-state index in [2.05, 4.69) is 6.92 Å². The maximum atomic E-state index is 10.4. The number of aliphatic hydroxyl groups is 1. The number of rotatable bonds is 9. The molecule has 0 unspecified atom stereocenters. The molecule has 2 rings (SSSR count). The van der Waals surface area contributed by atoms with Crippen molar-refractivity contribution in [1.29, 1.82) is 0 Å². The highest BCUT2D eigenvalue weighted by molar-refractivity contribution is 5.36. The molecule has 23 heavy (non-hydrogen) atoms. The lowest BCUT2D eigenvalue weighted by Gasteiger charge is -2.26. The molecule has 0 saturated heterocycles. The van der Waals surface area contributed by atoms with Crippen molar-refractivity contribution < 1.29 is 14.9 Å². The molecule has 0 heterocycles. The second-order valence-corrected chi connectivity index (χ2v) is 6.20. The first kappa shape index (κ1) is 17.8. The van der Waals surface area contributed by atoms with Gasteiger partial charge in [0.1, 0.15) is 5.75 Å². The number of hydrogen-bond donors (Lipinski definition) is 2. The Balaban J connectivity index is 1.74. The summed E-state index contributed by atoms with van der Waals surface area (Å²) in [5.41, 5.74) is 1.08. The van der Waals surface area contributed by atoms with Gasteiger partial charge in [-0.2, -0.15) is 0 Å². The minimum absolute atomic E-state index is 0.105. The molecule has 1 aromatic carbocycles. The summed E-state index contributed by atoms with van der Waals surface area (Å²) < 4.78 is 5.62. The molecule has 0 bridgehead atoms. The maximum absolute atomic E-state index is 10.4. The Morgan fingerprint density at radius 1 is 0.957 bits per heavy atom. The van der Waals surface area contributed by atoms with Crippen LogP contribution < -0.4 is 0 Å². The fraction of sp³-hybridized carbons (Fsp3) is 0.500. The van der Waals surface area contributed by atoms with Gasteiger partial charge in [0.15, 0.2) is 0 Å². The molecule has 0 aliphatic heterocycles. The van der Waals surface area contributed by atoms with Crippen molar-refractivity contribution in [2.75, 3.05) is 6.61 Å². The van der Waals surface area contributed by atoms with Gasteiger partial charge < -0.3 is 14.9 Å². The van der Waals surface area contributed by atoms with Gasteiger partial charge in [0.25, 0.3) is 0 Å². The van der Waals surface area contributed by atoms with Crippen molar-refractivity contribution in [2.24, 2.45) is 0 Å². The Hall–Kier alpha value is -1.58. The third kappa shape index (κ3) is 5.85. The average Bonchev–Trinajstić information content (AvgIpc) is 2.56. The summed E-state index contributed by atoms with van der Waals surface area (Å²) >= 11 is 0. The van der Waals surface area contributed by atoms with Crippen LogP contribution in [0.4, 0.5) is 0 Å². The normalized spacial score (nSPS) is 23.3. The van der Waals surface area contributed by atoms with Gasteiger partial charge in [-0.05, 0) is 36.3 Å². The Kier molecular flexibility index (Phi) is 6.87. The first-order chi connectivity index (χ1) is 11.1. The third-order valence-corrected chi connectivity index (χ3v) is 4.19. The van der Waals surface area contributed by atoms with E-state index in [9.17, 15) is 10.2 Å². The number of phenolic OH excluding ortho intramolecular Hbond substituents is 1. The van der Waals surface area contributed by atoms with Crippen LogP contribution in [0.15, 0.2) is 48.6 Å². The average molecular weight is 316 g/mol. The van der Waals surface area contributed by atoms with E-state index in [4.69, 9.17) is 4.74 Å². The number of allylic oxidation sites excluding steroid dienone is 2. The highest BCUT2D eigenvalue weighted by Crippen LogP contribution is 2.28. The second-order valence-electron chi connectivity index (χ2n) is 6.20. The first-order valence-corrected chi connectivity index (χ1v) is 8.67. The van der Waals surface area contributed by atoms with Crippen molar-refractivity contribution >= 4 is 0 Å². The molecule has 0 aromatic heterocycles. The number of hydrogen-bond acceptors (Lipinski definition) is 3. The van der Waals surface area contributed by atoms with Gasteiger partial charge in [0.05, 0.1) is 6.61 Å². The lowest BCUT2D eigenvalue weighted by molar-refractivity contribution is -0.131. The van der Waals surface area contributed by atoms with Gasteiger partial charge in [-0.3, -0.25) is 0 Å². The van der Waals surface area contributed by atoms with Crippen LogP contribution in [0.1, 0.15) is 56.9 Å². The Morgan fingerprint density at radius 2 is 1.57 bits per heavy atom. The van der Waals surface area contributed by atoms with E-state index < -0.39 is 5.79 Å². The standard InChI is InChI=1S/C20H28O3/c1-2-3-4-5-6-7-16-23-20(22)14-12-18(13-15-20)17-8-10-19(21)11-9-17/h8-15,18,21-22H,2-7,16H2,1H3. The van der Waals surface area contributed by atoms with E-state index in [-0.39, 0.29) is 11.7 Å². The monoisotopic (exact) mass is 316 g/mol. The van der Waals surface area contributed by atoms with E-state index in [0.29, 0.717) is 6.61 Å². The van der Waals surface area contributed by atoms with Crippen LogP contribution in [0.2, 0.25) is 0 Å². The number of benzene rings is 1. The quantitative estimate of drug-likeness (QED) is 0.395. The van der Waals surface area contributed by atoms with Gasteiger partial charge >= 0.3 is 0 Å². The van der Waals surface area contributed by atoms with E-state index >= 15 is 0 Å². The van der Waals surface area contributed by atoms with E-state index in [0.717, 1.165) is 18.4 Å². The molecule has 2 N–H and O–H groups in total. The Labute approximate surface area is 139 Å². The van der Waals surface area contributed by atoms with E-state index in [1.807, 2.05) is 24.3 Å². The fourth-order valence-electron chi connectivity index (χ4n) is 2.74. The van der Waals surface area contributed by atoms with Crippen LogP contribution in [0.3, 0.4) is 0 Å². The molecule has 0 amide bonds. The molecule has 3 heteroatoms. The highest BCUT2D eigenvalue weighted by atomic mass is 16.6. The summed E-state index contributed by atoms with van der Waals surface area (Å²) in [5, 5.41) is 19.7. The summed E-state index contributed by atoms with van der Waals surface area (Å²) in [4.78, 5) is 0. The summed E-state index contributed by atoms with van der Waals surface area (Å²) in [6.07, 6.45) is 14.5. The molecule has 3 nitrogen and oxygen atoms in total. The summed E-state index contributed by atoms with van der Waals surface area (Å²) in [6, 6.07) is 7.12. The molecule has 0 atom stereocenters. The largest absolute Gasteiger partial charge is 0.508 e. The molecule has 1 aromatic rings. The number of ether oxygens (including phenoxy) is 1. The zero-order chi connectivity index (χ0) is 16.5. The first-order valence-electron chi connectivity index (χ1n) is 8.67. The third-order valence-electron chi connectivity index (χ3n) is 4.19. The number of aromatic hydroxyl groups is 1. The van der Waals surface area contributed by atoms with Gasteiger partial charge in [0, 0.05) is 5.92 Å². The van der Waals surface area contributed by atoms with Crippen molar-refractivity contribution in [3.63, 3.8) is 0 Å². The van der Waals surface area contributed by atoms with Crippen LogP contribution in [-0.2, 0) is 4.74 Å². The fourth-order valence-corrected chi connectivity index (χ4v) is 2.74. The lowest BCUT2D eigenvalue weighted by Crippen LogP contribution is -2.29. The van der Waals surface area contributed by atoms with Crippen LogP contribution >= 0.6 is 0 Å². The molecule has 0 radical (unpaired) electrons. The van der Waals surface area contributed by atoms with E-state index in [1.54, 1.807) is 24.3 Å². The Morgan fingerprint density at radius 3 is 2.22 bits per heavy atom. The molecule has 0 spiro atoms. The van der Waals surface area contributed by atoms with Crippen LogP contribution in [-0.4, -0.2) is 22.6 Å². The zero-order valence-electron chi connectivity index (χ0n) is 13.9. The predicted octanol–water partition coefficient (Wildman–Crippen LogP) is 4.67. The van der Waals surface area contributed by atoms with Crippen molar-refractivity contribution in [1.82, 2.24) is 0 Å². The Bertz CT molecular complexity index is 502. The van der Waals surface area contributed by atoms with Gasteiger partial charge in [-0.1, -0.05) is 63.3 Å². The molecule has 0 saturated carbocycles. The maximum Gasteiger partial charge on any atom is 0.205 e. The van der Waals surface area contributed by atoms with Gasteiger partial charge in [-0.15, -0.1) is 0 Å². The zero-order valence-corrected chi connectivity index (χ0v) is 13.9.